The number of unbranched alkanes of at least 4 members (excludes halogenated alkanes) is 1. The molecule has 0 unspecified atom stereocenters. The van der Waals surface area contributed by atoms with Crippen LogP contribution >= 0.6 is 0 Å². The summed E-state index contributed by atoms with van der Waals surface area (Å²) >= 11 is 0. The summed E-state index contributed by atoms with van der Waals surface area (Å²) in [7, 11) is 0. The van der Waals surface area contributed by atoms with Crippen LogP contribution in [-0.2, 0) is 4.74 Å². The number of nitrogens with zero attached hydrogens (tertiary/aromatic N) is 1. The smallest absolute Gasteiger partial charge is 0.255 e. The van der Waals surface area contributed by atoms with Gasteiger partial charge < -0.3 is 19.7 Å². The van der Waals surface area contributed by atoms with E-state index in [1.54, 1.807) is 0 Å². The van der Waals surface area contributed by atoms with E-state index < -0.39 is 0 Å². The van der Waals surface area contributed by atoms with Gasteiger partial charge in [0, 0.05) is 30.0 Å². The number of hydrogen-bond acceptors (Lipinski definition) is 4. The fourth-order valence-electron chi connectivity index (χ4n) is 3.04. The highest BCUT2D eigenvalue weighted by Gasteiger charge is 2.13. The number of amides is 1. The SMILES string of the molecule is CCCCOc1ccc(NC(=O)c2ccc(N3CCOCC3)cc2)c(C)c1. The molecule has 0 radical (unpaired) electrons. The summed E-state index contributed by atoms with van der Waals surface area (Å²) in [5.74, 6) is 0.736. The van der Waals surface area contributed by atoms with Crippen molar-refractivity contribution in [2.45, 2.75) is 26.7 Å². The molecule has 2 aromatic carbocycles. The highest BCUT2D eigenvalue weighted by Crippen LogP contribution is 2.23. The number of rotatable bonds is 7. The minimum atomic E-state index is -0.105. The molecule has 1 amide bonds. The van der Waals surface area contributed by atoms with Crippen LogP contribution < -0.4 is 15.0 Å². The standard InChI is InChI=1S/C22H28N2O3/c1-3-4-13-27-20-9-10-21(17(2)16-20)23-22(25)18-5-7-19(8-6-18)24-11-14-26-15-12-24/h5-10,16H,3-4,11-15H2,1-2H3,(H,23,25). The number of morpholine rings is 1. The van der Waals surface area contributed by atoms with Crippen LogP contribution in [0.4, 0.5) is 11.4 Å². The maximum Gasteiger partial charge on any atom is 0.255 e. The number of carbonyl (C=O) groups excluding carboxylic acids is 1. The van der Waals surface area contributed by atoms with Gasteiger partial charge in [0.2, 0.25) is 0 Å². The van der Waals surface area contributed by atoms with E-state index in [2.05, 4.69) is 17.1 Å². The van der Waals surface area contributed by atoms with Crippen LogP contribution in [0.15, 0.2) is 42.5 Å². The van der Waals surface area contributed by atoms with Crippen LogP contribution in [-0.4, -0.2) is 38.8 Å². The van der Waals surface area contributed by atoms with Crippen LogP contribution in [0.1, 0.15) is 35.7 Å². The minimum absolute atomic E-state index is 0.105. The topological polar surface area (TPSA) is 50.8 Å². The fraction of sp³-hybridized carbons (Fsp3) is 0.409. The van der Waals surface area contributed by atoms with Crippen molar-refractivity contribution >= 4 is 17.3 Å². The van der Waals surface area contributed by atoms with Crippen molar-refractivity contribution < 1.29 is 14.3 Å². The van der Waals surface area contributed by atoms with Gasteiger partial charge >= 0.3 is 0 Å². The largest absolute Gasteiger partial charge is 0.494 e. The molecule has 1 heterocycles. The molecule has 1 aliphatic rings. The van der Waals surface area contributed by atoms with E-state index >= 15 is 0 Å². The molecule has 3 rings (SSSR count). The summed E-state index contributed by atoms with van der Waals surface area (Å²) < 4.78 is 11.1. The number of aryl methyl sites for hydroxylation is 1. The van der Waals surface area contributed by atoms with E-state index in [0.717, 1.165) is 68.4 Å². The van der Waals surface area contributed by atoms with Crippen LogP contribution in [0.3, 0.4) is 0 Å². The molecule has 27 heavy (non-hydrogen) atoms. The monoisotopic (exact) mass is 368 g/mol. The first-order chi connectivity index (χ1) is 13.2. The third kappa shape index (κ3) is 5.23. The molecule has 5 nitrogen and oxygen atoms in total. The minimum Gasteiger partial charge on any atom is -0.494 e. The molecule has 1 aliphatic heterocycles. The predicted molar refractivity (Wildman–Crippen MR) is 109 cm³/mol. The highest BCUT2D eigenvalue weighted by atomic mass is 16.5. The molecular formula is C22H28N2O3. The number of carbonyl (C=O) groups is 1. The average Bonchev–Trinajstić information content (AvgIpc) is 2.71. The van der Waals surface area contributed by atoms with Gasteiger partial charge in [-0.05, 0) is 61.4 Å². The van der Waals surface area contributed by atoms with E-state index in [9.17, 15) is 4.79 Å². The zero-order valence-corrected chi connectivity index (χ0v) is 16.2. The summed E-state index contributed by atoms with van der Waals surface area (Å²) in [6, 6.07) is 13.5. The van der Waals surface area contributed by atoms with Gasteiger partial charge in [-0.1, -0.05) is 13.3 Å². The lowest BCUT2D eigenvalue weighted by Crippen LogP contribution is -2.36. The fourth-order valence-corrected chi connectivity index (χ4v) is 3.04. The Bertz CT molecular complexity index is 753. The third-order valence-corrected chi connectivity index (χ3v) is 4.72. The number of anilines is 2. The molecule has 0 spiro atoms. The average molecular weight is 368 g/mol. The molecule has 1 saturated heterocycles. The molecule has 0 saturated carbocycles. The van der Waals surface area contributed by atoms with Crippen molar-refractivity contribution in [3.63, 3.8) is 0 Å². The summed E-state index contributed by atoms with van der Waals surface area (Å²) in [4.78, 5) is 14.8. The zero-order chi connectivity index (χ0) is 19.1. The van der Waals surface area contributed by atoms with Gasteiger partial charge in [-0.25, -0.2) is 0 Å². The lowest BCUT2D eigenvalue weighted by Gasteiger charge is -2.28. The van der Waals surface area contributed by atoms with Crippen molar-refractivity contribution in [2.24, 2.45) is 0 Å². The molecule has 0 aliphatic carbocycles. The quantitative estimate of drug-likeness (QED) is 0.742. The van der Waals surface area contributed by atoms with Gasteiger partial charge in [0.15, 0.2) is 0 Å². The number of hydrogen-bond donors (Lipinski definition) is 1. The molecule has 1 fully saturated rings. The van der Waals surface area contributed by atoms with Crippen molar-refractivity contribution in [1.29, 1.82) is 0 Å². The lowest BCUT2D eigenvalue weighted by atomic mass is 10.1. The molecule has 1 N–H and O–H groups in total. The van der Waals surface area contributed by atoms with Crippen LogP contribution in [0.5, 0.6) is 5.75 Å². The molecule has 5 heteroatoms. The van der Waals surface area contributed by atoms with Crippen molar-refractivity contribution in [1.82, 2.24) is 0 Å². The van der Waals surface area contributed by atoms with Gasteiger partial charge in [0.25, 0.3) is 5.91 Å². The van der Waals surface area contributed by atoms with Gasteiger partial charge in [-0.3, -0.25) is 4.79 Å². The number of ether oxygens (including phenoxy) is 2. The van der Waals surface area contributed by atoms with Gasteiger partial charge in [-0.2, -0.15) is 0 Å². The lowest BCUT2D eigenvalue weighted by molar-refractivity contribution is 0.102. The van der Waals surface area contributed by atoms with Gasteiger partial charge in [0.05, 0.1) is 19.8 Å². The Balaban J connectivity index is 1.61. The third-order valence-electron chi connectivity index (χ3n) is 4.72. The Hall–Kier alpha value is -2.53. The van der Waals surface area contributed by atoms with E-state index in [1.165, 1.54) is 0 Å². The van der Waals surface area contributed by atoms with Crippen molar-refractivity contribution in [3.8, 4) is 5.75 Å². The second-order valence-corrected chi connectivity index (χ2v) is 6.78. The second-order valence-electron chi connectivity index (χ2n) is 6.78. The van der Waals surface area contributed by atoms with Gasteiger partial charge in [-0.15, -0.1) is 0 Å². The summed E-state index contributed by atoms with van der Waals surface area (Å²) in [5.41, 5.74) is 3.57. The normalized spacial score (nSPS) is 14.1. The Labute approximate surface area is 161 Å². The van der Waals surface area contributed by atoms with Crippen molar-refractivity contribution in [2.75, 3.05) is 43.1 Å². The molecular weight excluding hydrogens is 340 g/mol. The summed E-state index contributed by atoms with van der Waals surface area (Å²) in [6.45, 7) is 8.11. The number of nitrogens with one attached hydrogen (secondary N) is 1. The Morgan fingerprint density at radius 2 is 1.89 bits per heavy atom. The summed E-state index contributed by atoms with van der Waals surface area (Å²) in [5, 5.41) is 2.99. The highest BCUT2D eigenvalue weighted by molar-refractivity contribution is 6.04. The number of benzene rings is 2. The first-order valence-electron chi connectivity index (χ1n) is 9.65. The Kier molecular flexibility index (Phi) is 6.71. The second kappa shape index (κ2) is 9.42. The van der Waals surface area contributed by atoms with Crippen LogP contribution in [0, 0.1) is 6.92 Å². The van der Waals surface area contributed by atoms with E-state index in [4.69, 9.17) is 9.47 Å². The molecule has 2 aromatic rings. The molecule has 144 valence electrons. The maximum absolute atomic E-state index is 12.6. The Morgan fingerprint density at radius 3 is 2.56 bits per heavy atom. The maximum atomic E-state index is 12.6. The van der Waals surface area contributed by atoms with Crippen molar-refractivity contribution in [3.05, 3.63) is 53.6 Å². The predicted octanol–water partition coefficient (Wildman–Crippen LogP) is 4.26. The Morgan fingerprint density at radius 1 is 1.15 bits per heavy atom. The first kappa shape index (κ1) is 19.2. The first-order valence-corrected chi connectivity index (χ1v) is 9.65. The van der Waals surface area contributed by atoms with E-state index in [-0.39, 0.29) is 5.91 Å². The van der Waals surface area contributed by atoms with Crippen LogP contribution in [0.25, 0.3) is 0 Å². The summed E-state index contributed by atoms with van der Waals surface area (Å²) in [6.07, 6.45) is 2.15. The van der Waals surface area contributed by atoms with Crippen LogP contribution in [0.2, 0.25) is 0 Å². The molecule has 0 aromatic heterocycles. The molecule has 0 atom stereocenters. The molecule has 0 bridgehead atoms. The van der Waals surface area contributed by atoms with E-state index in [1.807, 2.05) is 49.4 Å². The van der Waals surface area contributed by atoms with Gasteiger partial charge in [0.1, 0.15) is 5.75 Å². The zero-order valence-electron chi connectivity index (χ0n) is 16.2. The van der Waals surface area contributed by atoms with E-state index in [0.29, 0.717) is 5.56 Å².